The second kappa shape index (κ2) is 11.2. The highest BCUT2D eigenvalue weighted by atomic mass is 16.7. The minimum atomic E-state index is -0.190. The van der Waals surface area contributed by atoms with Gasteiger partial charge < -0.3 is 29.2 Å². The fraction of sp³-hybridized carbons (Fsp3) is 0.500. The van der Waals surface area contributed by atoms with E-state index < -0.39 is 0 Å². The van der Waals surface area contributed by atoms with Gasteiger partial charge in [-0.25, -0.2) is 0 Å². The molecule has 0 bridgehead atoms. The van der Waals surface area contributed by atoms with Crippen molar-refractivity contribution in [3.63, 3.8) is 0 Å². The van der Waals surface area contributed by atoms with E-state index >= 15 is 0 Å². The zero-order chi connectivity index (χ0) is 24.8. The van der Waals surface area contributed by atoms with Gasteiger partial charge in [0.2, 0.25) is 18.6 Å². The van der Waals surface area contributed by atoms with E-state index in [0.29, 0.717) is 58.7 Å². The molecule has 2 fully saturated rings. The number of carbonyl (C=O) groups is 2. The van der Waals surface area contributed by atoms with Crippen molar-refractivity contribution in [2.75, 3.05) is 46.2 Å². The molecule has 0 spiro atoms. The number of nitrogens with one attached hydrogen (secondary N) is 1. The number of carbonyl (C=O) groups excluding carboxylic acids is 2. The number of hydrogen-bond acceptors (Lipinski definition) is 6. The normalized spacial score (nSPS) is 19.1. The third-order valence-corrected chi connectivity index (χ3v) is 7.58. The van der Waals surface area contributed by atoms with Crippen LogP contribution in [0.1, 0.15) is 37.7 Å². The molecule has 0 atom stereocenters. The first-order valence-electron chi connectivity index (χ1n) is 12.8. The average molecular weight is 495 g/mol. The second-order valence-electron chi connectivity index (χ2n) is 9.75. The van der Waals surface area contributed by atoms with E-state index in [-0.39, 0.29) is 29.9 Å². The van der Waals surface area contributed by atoms with Crippen molar-refractivity contribution < 1.29 is 28.5 Å². The number of ether oxygens (including phenoxy) is 4. The summed E-state index contributed by atoms with van der Waals surface area (Å²) in [5, 5.41) is 3.24. The molecule has 2 aromatic carbocycles. The molecule has 0 aromatic heterocycles. The number of para-hydroxylation sites is 1. The molecule has 3 aliphatic heterocycles. The van der Waals surface area contributed by atoms with Crippen molar-refractivity contribution in [1.29, 1.82) is 0 Å². The first-order chi connectivity index (χ1) is 17.6. The number of nitrogens with zero attached hydrogens (tertiary/aromatic N) is 1. The van der Waals surface area contributed by atoms with Crippen LogP contribution < -0.4 is 19.5 Å². The van der Waals surface area contributed by atoms with Crippen molar-refractivity contribution in [1.82, 2.24) is 10.2 Å². The number of hydrogen-bond donors (Lipinski definition) is 1. The maximum Gasteiger partial charge on any atom is 0.231 e. The van der Waals surface area contributed by atoms with Gasteiger partial charge in [0, 0.05) is 44.2 Å². The Morgan fingerprint density at radius 2 is 1.75 bits per heavy atom. The van der Waals surface area contributed by atoms with Crippen molar-refractivity contribution in [3.05, 3.63) is 54.1 Å². The van der Waals surface area contributed by atoms with Crippen LogP contribution in [0.3, 0.4) is 0 Å². The topological polar surface area (TPSA) is 86.3 Å². The minimum Gasteiger partial charge on any atom is -0.493 e. The average Bonchev–Trinajstić information content (AvgIpc) is 3.41. The summed E-state index contributed by atoms with van der Waals surface area (Å²) in [5.41, 5.74) is 0.957. The first kappa shape index (κ1) is 24.4. The molecule has 0 unspecified atom stereocenters. The van der Waals surface area contributed by atoms with Gasteiger partial charge >= 0.3 is 0 Å². The summed E-state index contributed by atoms with van der Waals surface area (Å²) in [6, 6.07) is 15.6. The monoisotopic (exact) mass is 494 g/mol. The molecule has 0 saturated carbocycles. The van der Waals surface area contributed by atoms with Crippen molar-refractivity contribution in [3.8, 4) is 17.2 Å². The third kappa shape index (κ3) is 5.59. The van der Waals surface area contributed by atoms with E-state index in [9.17, 15) is 9.59 Å². The zero-order valence-corrected chi connectivity index (χ0v) is 20.6. The van der Waals surface area contributed by atoms with E-state index in [1.54, 1.807) is 0 Å². The van der Waals surface area contributed by atoms with E-state index in [2.05, 4.69) is 11.4 Å². The minimum absolute atomic E-state index is 0.0705. The molecular weight excluding hydrogens is 460 g/mol. The largest absolute Gasteiger partial charge is 0.493 e. The van der Waals surface area contributed by atoms with Crippen LogP contribution in [0.2, 0.25) is 0 Å². The van der Waals surface area contributed by atoms with Gasteiger partial charge in [-0.05, 0) is 55.5 Å². The lowest BCUT2D eigenvalue weighted by molar-refractivity contribution is -0.136. The number of fused-ring (bicyclic) bond motifs is 1. The van der Waals surface area contributed by atoms with E-state index in [4.69, 9.17) is 18.9 Å². The van der Waals surface area contributed by atoms with Crippen molar-refractivity contribution in [2.24, 2.45) is 5.92 Å². The standard InChI is InChI=1S/C28H34N2O6/c31-26(10-15-34-23-4-2-1-3-5-23)30-13-8-21(9-14-30)27(32)29-19-28(11-16-33-17-12-28)22-6-7-24-25(18-22)36-20-35-24/h1-7,18,21H,8-17,19-20H2,(H,29,32). The molecule has 0 radical (unpaired) electrons. The lowest BCUT2D eigenvalue weighted by Gasteiger charge is -2.39. The summed E-state index contributed by atoms with van der Waals surface area (Å²) in [4.78, 5) is 27.5. The number of likely N-dealkylation sites (tertiary alicyclic amines) is 1. The van der Waals surface area contributed by atoms with Gasteiger partial charge in [-0.3, -0.25) is 9.59 Å². The summed E-state index contributed by atoms with van der Waals surface area (Å²) in [7, 11) is 0. The Labute approximate surface area is 211 Å². The number of rotatable bonds is 8. The highest BCUT2D eigenvalue weighted by Crippen LogP contribution is 2.40. The number of benzene rings is 2. The van der Waals surface area contributed by atoms with Crippen LogP contribution >= 0.6 is 0 Å². The van der Waals surface area contributed by atoms with E-state index in [1.165, 1.54) is 0 Å². The van der Waals surface area contributed by atoms with Crippen LogP contribution in [0.5, 0.6) is 17.2 Å². The Morgan fingerprint density at radius 1 is 1.00 bits per heavy atom. The van der Waals surface area contributed by atoms with Crippen LogP contribution in [0.15, 0.2) is 48.5 Å². The summed E-state index contributed by atoms with van der Waals surface area (Å²) in [6.45, 7) is 3.69. The van der Waals surface area contributed by atoms with Gasteiger partial charge in [0.25, 0.3) is 0 Å². The van der Waals surface area contributed by atoms with Gasteiger partial charge in [0.05, 0.1) is 13.0 Å². The van der Waals surface area contributed by atoms with Crippen molar-refractivity contribution >= 4 is 11.8 Å². The van der Waals surface area contributed by atoms with E-state index in [0.717, 1.165) is 35.7 Å². The number of piperidine rings is 1. The van der Waals surface area contributed by atoms with Gasteiger partial charge in [-0.1, -0.05) is 24.3 Å². The Kier molecular flexibility index (Phi) is 7.60. The highest BCUT2D eigenvalue weighted by Gasteiger charge is 2.37. The molecule has 3 aliphatic rings. The molecule has 5 rings (SSSR count). The lowest BCUT2D eigenvalue weighted by atomic mass is 9.74. The third-order valence-electron chi connectivity index (χ3n) is 7.58. The molecule has 2 saturated heterocycles. The molecule has 8 nitrogen and oxygen atoms in total. The Balaban J connectivity index is 1.10. The summed E-state index contributed by atoms with van der Waals surface area (Å²) < 4.78 is 22.3. The highest BCUT2D eigenvalue weighted by molar-refractivity contribution is 5.80. The maximum absolute atomic E-state index is 13.1. The molecule has 2 amide bonds. The SMILES string of the molecule is O=C(NCC1(c2ccc3c(c2)OCO3)CCOCC1)C1CCN(C(=O)CCOc2ccccc2)CC1. The van der Waals surface area contributed by atoms with Crippen LogP contribution in [-0.2, 0) is 19.7 Å². The maximum atomic E-state index is 13.1. The molecule has 3 heterocycles. The Morgan fingerprint density at radius 3 is 2.53 bits per heavy atom. The molecule has 1 N–H and O–H groups in total. The Hall–Kier alpha value is -3.26. The molecule has 36 heavy (non-hydrogen) atoms. The van der Waals surface area contributed by atoms with Crippen LogP contribution in [0.4, 0.5) is 0 Å². The number of amides is 2. The summed E-state index contributed by atoms with van der Waals surface area (Å²) in [6.07, 6.45) is 3.37. The molecule has 0 aliphatic carbocycles. The molecule has 8 heteroatoms. The van der Waals surface area contributed by atoms with Crippen LogP contribution in [0, 0.1) is 5.92 Å². The van der Waals surface area contributed by atoms with Crippen LogP contribution in [-0.4, -0.2) is 63.0 Å². The summed E-state index contributed by atoms with van der Waals surface area (Å²) >= 11 is 0. The lowest BCUT2D eigenvalue weighted by Crippen LogP contribution is -2.48. The molecule has 192 valence electrons. The first-order valence-corrected chi connectivity index (χ1v) is 12.8. The van der Waals surface area contributed by atoms with E-state index in [1.807, 2.05) is 47.4 Å². The Bertz CT molecular complexity index is 1050. The predicted octanol–water partition coefficient (Wildman–Crippen LogP) is 3.29. The van der Waals surface area contributed by atoms with Gasteiger partial charge in [0.15, 0.2) is 11.5 Å². The fourth-order valence-electron chi connectivity index (χ4n) is 5.28. The zero-order valence-electron chi connectivity index (χ0n) is 20.6. The fourth-order valence-corrected chi connectivity index (χ4v) is 5.28. The van der Waals surface area contributed by atoms with Gasteiger partial charge in [-0.2, -0.15) is 0 Å². The molecule has 2 aromatic rings. The van der Waals surface area contributed by atoms with Crippen molar-refractivity contribution in [2.45, 2.75) is 37.5 Å². The van der Waals surface area contributed by atoms with Crippen LogP contribution in [0.25, 0.3) is 0 Å². The van der Waals surface area contributed by atoms with Gasteiger partial charge in [0.1, 0.15) is 5.75 Å². The summed E-state index contributed by atoms with van der Waals surface area (Å²) in [5.74, 6) is 2.36. The molecular formula is C28H34N2O6. The second-order valence-corrected chi connectivity index (χ2v) is 9.75. The smallest absolute Gasteiger partial charge is 0.231 e. The quantitative estimate of drug-likeness (QED) is 0.606. The van der Waals surface area contributed by atoms with Gasteiger partial charge in [-0.15, -0.1) is 0 Å². The predicted molar refractivity (Wildman–Crippen MR) is 133 cm³/mol.